The van der Waals surface area contributed by atoms with Gasteiger partial charge in [-0.25, -0.2) is 4.79 Å². The van der Waals surface area contributed by atoms with Gasteiger partial charge in [-0.15, -0.1) is 0 Å². The Morgan fingerprint density at radius 1 is 1.15 bits per heavy atom. The molecule has 1 saturated heterocycles. The number of hydrogen-bond acceptors (Lipinski definition) is 7. The second-order valence-electron chi connectivity index (χ2n) is 8.38. The summed E-state index contributed by atoms with van der Waals surface area (Å²) in [6, 6.07) is 2.50. The number of benzene rings is 1. The minimum absolute atomic E-state index is 0.0221. The van der Waals surface area contributed by atoms with Crippen LogP contribution in [0.5, 0.6) is 11.5 Å². The summed E-state index contributed by atoms with van der Waals surface area (Å²) in [6.07, 6.45) is 12.7. The van der Waals surface area contributed by atoms with Crippen LogP contribution in [0.2, 0.25) is 0 Å². The molecule has 2 N–H and O–H groups in total. The van der Waals surface area contributed by atoms with Crippen molar-refractivity contribution in [2.75, 3.05) is 19.7 Å². The fraction of sp³-hybridized carbons (Fsp3) is 0.480. The predicted octanol–water partition coefficient (Wildman–Crippen LogP) is 3.87. The SMILES string of the molecule is CC1CC=CCCC=CC(=NOCC(=O)N2CCCCC2)Cc2cc(O)cc(O)c2C(=O)O1. The van der Waals surface area contributed by atoms with Gasteiger partial charge in [0.1, 0.15) is 23.2 Å². The number of ether oxygens (including phenoxy) is 1. The lowest BCUT2D eigenvalue weighted by Gasteiger charge is -2.26. The van der Waals surface area contributed by atoms with E-state index in [-0.39, 0.29) is 42.1 Å². The number of phenols is 2. The molecule has 3 rings (SSSR count). The van der Waals surface area contributed by atoms with E-state index in [4.69, 9.17) is 9.57 Å². The van der Waals surface area contributed by atoms with Gasteiger partial charge in [-0.2, -0.15) is 0 Å². The number of allylic oxidation sites excluding steroid dienone is 3. The maximum absolute atomic E-state index is 12.8. The molecule has 0 spiro atoms. The molecule has 0 aliphatic carbocycles. The minimum atomic E-state index is -0.676. The first-order chi connectivity index (χ1) is 15.9. The molecule has 1 atom stereocenters. The molecule has 2 heterocycles. The van der Waals surface area contributed by atoms with Crippen molar-refractivity contribution in [1.82, 2.24) is 4.90 Å². The summed E-state index contributed by atoms with van der Waals surface area (Å²) < 4.78 is 5.49. The number of amides is 1. The zero-order valence-corrected chi connectivity index (χ0v) is 19.0. The van der Waals surface area contributed by atoms with Gasteiger partial charge >= 0.3 is 5.97 Å². The second-order valence-corrected chi connectivity index (χ2v) is 8.38. The van der Waals surface area contributed by atoms with Gasteiger partial charge in [0.2, 0.25) is 0 Å². The molecular weight excluding hydrogens is 424 g/mol. The van der Waals surface area contributed by atoms with E-state index >= 15 is 0 Å². The van der Waals surface area contributed by atoms with Crippen molar-refractivity contribution in [3.63, 3.8) is 0 Å². The first-order valence-corrected chi connectivity index (χ1v) is 11.5. The summed E-state index contributed by atoms with van der Waals surface area (Å²) in [5.74, 6) is -1.33. The molecule has 0 radical (unpaired) electrons. The number of esters is 1. The van der Waals surface area contributed by atoms with Crippen LogP contribution in [0.25, 0.3) is 0 Å². The van der Waals surface area contributed by atoms with E-state index in [2.05, 4.69) is 5.16 Å². The maximum atomic E-state index is 12.8. The Morgan fingerprint density at radius 3 is 2.70 bits per heavy atom. The zero-order valence-electron chi connectivity index (χ0n) is 19.0. The van der Waals surface area contributed by atoms with E-state index < -0.39 is 5.97 Å². The molecule has 8 nitrogen and oxygen atoms in total. The summed E-state index contributed by atoms with van der Waals surface area (Å²) >= 11 is 0. The molecule has 2 aliphatic heterocycles. The third-order valence-corrected chi connectivity index (χ3v) is 5.59. The summed E-state index contributed by atoms with van der Waals surface area (Å²) in [4.78, 5) is 32.3. The van der Waals surface area contributed by atoms with Crippen LogP contribution in [-0.4, -0.2) is 58.5 Å². The number of hydrogen-bond donors (Lipinski definition) is 2. The van der Waals surface area contributed by atoms with E-state index in [0.29, 0.717) is 17.7 Å². The van der Waals surface area contributed by atoms with Crippen molar-refractivity contribution in [2.24, 2.45) is 5.16 Å². The highest BCUT2D eigenvalue weighted by Gasteiger charge is 2.22. The van der Waals surface area contributed by atoms with Crippen LogP contribution < -0.4 is 0 Å². The standard InChI is InChI=1S/C25H32N2O6/c1-18-10-6-3-2-4-7-11-20(26-32-17-23(30)27-12-8-5-9-13-27)14-19-15-21(28)16-22(29)24(19)25(31)33-18/h3,6-7,11,15-16,18,28-29H,2,4-5,8-10,12-14,17H2,1H3. The van der Waals surface area contributed by atoms with Gasteiger partial charge in [-0.1, -0.05) is 23.4 Å². The molecular formula is C25H32N2O6. The molecule has 1 unspecified atom stereocenters. The van der Waals surface area contributed by atoms with Crippen LogP contribution in [0.1, 0.15) is 61.4 Å². The van der Waals surface area contributed by atoms with Crippen LogP contribution in [-0.2, 0) is 20.8 Å². The van der Waals surface area contributed by atoms with Crippen molar-refractivity contribution in [1.29, 1.82) is 0 Å². The van der Waals surface area contributed by atoms with E-state index in [1.165, 1.54) is 6.07 Å². The first kappa shape index (κ1) is 24.4. The molecule has 0 bridgehead atoms. The van der Waals surface area contributed by atoms with Gasteiger partial charge in [0, 0.05) is 32.0 Å². The summed E-state index contributed by atoms with van der Waals surface area (Å²) in [6.45, 7) is 3.08. The maximum Gasteiger partial charge on any atom is 0.342 e. The summed E-state index contributed by atoms with van der Waals surface area (Å²) in [5, 5.41) is 24.5. The molecule has 1 aromatic rings. The summed E-state index contributed by atoms with van der Waals surface area (Å²) in [7, 11) is 0. The highest BCUT2D eigenvalue weighted by molar-refractivity contribution is 6.00. The molecule has 1 fully saturated rings. The molecule has 0 saturated carbocycles. The van der Waals surface area contributed by atoms with Crippen LogP contribution in [0, 0.1) is 0 Å². The topological polar surface area (TPSA) is 109 Å². The minimum Gasteiger partial charge on any atom is -0.508 e. The number of cyclic esters (lactones) is 1. The van der Waals surface area contributed by atoms with Crippen LogP contribution >= 0.6 is 0 Å². The van der Waals surface area contributed by atoms with Crippen molar-refractivity contribution >= 4 is 17.6 Å². The van der Waals surface area contributed by atoms with Crippen molar-refractivity contribution in [3.8, 4) is 11.5 Å². The largest absolute Gasteiger partial charge is 0.508 e. The Kier molecular flexibility index (Phi) is 8.92. The monoisotopic (exact) mass is 456 g/mol. The second kappa shape index (κ2) is 12.1. The first-order valence-electron chi connectivity index (χ1n) is 11.5. The highest BCUT2D eigenvalue weighted by Crippen LogP contribution is 2.29. The molecule has 1 amide bonds. The number of piperidine rings is 1. The quantitative estimate of drug-likeness (QED) is 0.406. The predicted molar refractivity (Wildman–Crippen MR) is 124 cm³/mol. The number of fused-ring (bicyclic) bond motifs is 1. The van der Waals surface area contributed by atoms with Gasteiger partial charge in [0.05, 0.1) is 5.71 Å². The van der Waals surface area contributed by atoms with E-state index in [9.17, 15) is 19.8 Å². The Balaban J connectivity index is 1.83. The van der Waals surface area contributed by atoms with Gasteiger partial charge in [-0.05, 0) is 56.7 Å². The normalized spacial score (nSPS) is 21.2. The highest BCUT2D eigenvalue weighted by atomic mass is 16.6. The lowest BCUT2D eigenvalue weighted by molar-refractivity contribution is -0.137. The number of nitrogens with zero attached hydrogens (tertiary/aromatic N) is 2. The van der Waals surface area contributed by atoms with Crippen molar-refractivity contribution in [2.45, 2.75) is 58.0 Å². The van der Waals surface area contributed by atoms with Gasteiger partial charge in [0.25, 0.3) is 5.91 Å². The number of phenolic OH excluding ortho intramolecular Hbond substituents is 2. The zero-order chi connectivity index (χ0) is 23.6. The lowest BCUT2D eigenvalue weighted by atomic mass is 9.99. The molecule has 178 valence electrons. The number of carbonyl (C=O) groups excluding carboxylic acids is 2. The Morgan fingerprint density at radius 2 is 1.91 bits per heavy atom. The lowest BCUT2D eigenvalue weighted by Crippen LogP contribution is -2.37. The number of likely N-dealkylation sites (tertiary alicyclic amines) is 1. The van der Waals surface area contributed by atoms with E-state index in [1.54, 1.807) is 17.9 Å². The molecule has 1 aromatic carbocycles. The third kappa shape index (κ3) is 7.37. The van der Waals surface area contributed by atoms with Crippen LogP contribution in [0.3, 0.4) is 0 Å². The average Bonchev–Trinajstić information content (AvgIpc) is 2.77. The molecule has 33 heavy (non-hydrogen) atoms. The average molecular weight is 457 g/mol. The Bertz CT molecular complexity index is 931. The Labute approximate surface area is 194 Å². The molecule has 0 aromatic heterocycles. The van der Waals surface area contributed by atoms with E-state index in [0.717, 1.165) is 51.3 Å². The number of rotatable bonds is 3. The number of carbonyl (C=O) groups is 2. The van der Waals surface area contributed by atoms with E-state index in [1.807, 2.05) is 18.2 Å². The van der Waals surface area contributed by atoms with Gasteiger partial charge in [0.15, 0.2) is 6.61 Å². The van der Waals surface area contributed by atoms with Crippen LogP contribution in [0.15, 0.2) is 41.6 Å². The van der Waals surface area contributed by atoms with Crippen LogP contribution in [0.4, 0.5) is 0 Å². The van der Waals surface area contributed by atoms with Gasteiger partial charge < -0.3 is 24.7 Å². The molecule has 2 aliphatic rings. The summed E-state index contributed by atoms with van der Waals surface area (Å²) in [5.41, 5.74) is 0.785. The third-order valence-electron chi connectivity index (χ3n) is 5.59. The van der Waals surface area contributed by atoms with Crippen molar-refractivity contribution < 1.29 is 29.4 Å². The fourth-order valence-corrected chi connectivity index (χ4v) is 3.87. The number of oxime groups is 1. The smallest absolute Gasteiger partial charge is 0.342 e. The Hall–Kier alpha value is -3.29. The fourth-order valence-electron chi connectivity index (χ4n) is 3.87. The molecule has 8 heteroatoms. The van der Waals surface area contributed by atoms with Crippen molar-refractivity contribution in [3.05, 3.63) is 47.6 Å². The van der Waals surface area contributed by atoms with Gasteiger partial charge in [-0.3, -0.25) is 4.79 Å². The number of aromatic hydroxyl groups is 2.